The highest BCUT2D eigenvalue weighted by Crippen LogP contribution is 2.13. The van der Waals surface area contributed by atoms with E-state index < -0.39 is 8.07 Å². The lowest BCUT2D eigenvalue weighted by Gasteiger charge is -2.29. The van der Waals surface area contributed by atoms with Crippen LogP contribution in [-0.4, -0.2) is 18.0 Å². The smallest absolute Gasteiger partial charge is 0.147 e. The van der Waals surface area contributed by atoms with E-state index >= 15 is 0 Å². The zero-order chi connectivity index (χ0) is 17.8. The SMILES string of the molecule is C[Si](c1ccccc1)(c1ccccc1)c1ccc(-c2ccccn2)nc1. The second kappa shape index (κ2) is 7.06. The van der Waals surface area contributed by atoms with E-state index in [0.717, 1.165) is 11.4 Å². The molecule has 0 atom stereocenters. The normalized spacial score (nSPS) is 11.3. The Bertz CT molecular complexity index is 929. The van der Waals surface area contributed by atoms with Crippen molar-refractivity contribution < 1.29 is 0 Å². The zero-order valence-electron chi connectivity index (χ0n) is 14.7. The van der Waals surface area contributed by atoms with Crippen molar-refractivity contribution in [2.24, 2.45) is 0 Å². The lowest BCUT2D eigenvalue weighted by molar-refractivity contribution is 1.25. The molecule has 0 fully saturated rings. The molecular formula is C23H20N2Si. The number of benzene rings is 2. The molecule has 26 heavy (non-hydrogen) atoms. The number of hydrogen-bond donors (Lipinski definition) is 0. The number of rotatable bonds is 4. The molecule has 2 aromatic carbocycles. The van der Waals surface area contributed by atoms with Gasteiger partial charge in [0.05, 0.1) is 11.4 Å². The molecule has 2 heterocycles. The average molecular weight is 353 g/mol. The molecule has 126 valence electrons. The Hall–Kier alpha value is -3.04. The predicted molar refractivity (Wildman–Crippen MR) is 111 cm³/mol. The monoisotopic (exact) mass is 352 g/mol. The van der Waals surface area contributed by atoms with Crippen LogP contribution in [-0.2, 0) is 0 Å². The van der Waals surface area contributed by atoms with Gasteiger partial charge >= 0.3 is 0 Å². The highest BCUT2D eigenvalue weighted by molar-refractivity contribution is 7.10. The van der Waals surface area contributed by atoms with Gasteiger partial charge in [-0.2, -0.15) is 0 Å². The summed E-state index contributed by atoms with van der Waals surface area (Å²) >= 11 is 0. The van der Waals surface area contributed by atoms with Gasteiger partial charge in [0, 0.05) is 12.4 Å². The van der Waals surface area contributed by atoms with E-state index in [1.165, 1.54) is 15.6 Å². The minimum absolute atomic E-state index is 0.904. The van der Waals surface area contributed by atoms with E-state index in [1.807, 2.05) is 24.4 Å². The molecule has 0 aliphatic heterocycles. The molecule has 0 radical (unpaired) electrons. The van der Waals surface area contributed by atoms with Crippen molar-refractivity contribution in [2.45, 2.75) is 6.55 Å². The molecule has 2 nitrogen and oxygen atoms in total. The van der Waals surface area contributed by atoms with Gasteiger partial charge in [-0.1, -0.05) is 79.3 Å². The first kappa shape index (κ1) is 16.4. The van der Waals surface area contributed by atoms with Gasteiger partial charge < -0.3 is 0 Å². The topological polar surface area (TPSA) is 25.8 Å². The molecule has 0 amide bonds. The summed E-state index contributed by atoms with van der Waals surface area (Å²) in [5.41, 5.74) is 1.81. The minimum atomic E-state index is -2.08. The molecular weight excluding hydrogens is 332 g/mol. The van der Waals surface area contributed by atoms with Crippen LogP contribution in [0, 0.1) is 0 Å². The Kier molecular flexibility index (Phi) is 4.46. The maximum Gasteiger partial charge on any atom is 0.147 e. The Morgan fingerprint density at radius 3 is 1.62 bits per heavy atom. The first-order valence-corrected chi connectivity index (χ1v) is 11.3. The van der Waals surface area contributed by atoms with E-state index in [2.05, 4.69) is 84.3 Å². The van der Waals surface area contributed by atoms with Crippen LogP contribution in [0.5, 0.6) is 0 Å². The number of nitrogens with zero attached hydrogens (tertiary/aromatic N) is 2. The van der Waals surface area contributed by atoms with Crippen LogP contribution >= 0.6 is 0 Å². The Morgan fingerprint density at radius 2 is 1.12 bits per heavy atom. The van der Waals surface area contributed by atoms with Gasteiger partial charge in [-0.05, 0) is 33.8 Å². The first-order valence-electron chi connectivity index (χ1n) is 8.77. The van der Waals surface area contributed by atoms with E-state index in [-0.39, 0.29) is 0 Å². The van der Waals surface area contributed by atoms with Crippen molar-refractivity contribution in [3.63, 3.8) is 0 Å². The molecule has 0 bridgehead atoms. The predicted octanol–water partition coefficient (Wildman–Crippen LogP) is 3.24. The minimum Gasteiger partial charge on any atom is -0.255 e. The van der Waals surface area contributed by atoms with Crippen LogP contribution in [0.3, 0.4) is 0 Å². The molecule has 0 spiro atoms. The fourth-order valence-corrected chi connectivity index (χ4v) is 6.86. The highest BCUT2D eigenvalue weighted by atomic mass is 28.3. The summed E-state index contributed by atoms with van der Waals surface area (Å²) in [6.45, 7) is 2.40. The maximum atomic E-state index is 4.74. The summed E-state index contributed by atoms with van der Waals surface area (Å²) in [6.07, 6.45) is 3.84. The summed E-state index contributed by atoms with van der Waals surface area (Å²) < 4.78 is 0. The van der Waals surface area contributed by atoms with Crippen molar-refractivity contribution in [1.29, 1.82) is 0 Å². The van der Waals surface area contributed by atoms with E-state index in [9.17, 15) is 0 Å². The summed E-state index contributed by atoms with van der Waals surface area (Å²) in [7, 11) is -2.08. The molecule has 0 aliphatic carbocycles. The summed E-state index contributed by atoms with van der Waals surface area (Å²) in [5.74, 6) is 0. The van der Waals surface area contributed by atoms with Crippen LogP contribution in [0.4, 0.5) is 0 Å². The molecule has 2 aromatic heterocycles. The fraction of sp³-hybridized carbons (Fsp3) is 0.0435. The molecule has 4 aromatic rings. The third-order valence-electron chi connectivity index (χ3n) is 4.97. The van der Waals surface area contributed by atoms with Gasteiger partial charge in [0.1, 0.15) is 8.07 Å². The van der Waals surface area contributed by atoms with Crippen LogP contribution in [0.15, 0.2) is 103 Å². The molecule has 4 rings (SSSR count). The van der Waals surface area contributed by atoms with Gasteiger partial charge in [0.25, 0.3) is 0 Å². The third kappa shape index (κ3) is 2.98. The molecule has 0 saturated heterocycles. The number of pyridine rings is 2. The van der Waals surface area contributed by atoms with Gasteiger partial charge in [-0.15, -0.1) is 0 Å². The van der Waals surface area contributed by atoms with E-state index in [4.69, 9.17) is 4.98 Å². The second-order valence-corrected chi connectivity index (χ2v) is 10.5. The average Bonchev–Trinajstić information content (AvgIpc) is 2.75. The van der Waals surface area contributed by atoms with Gasteiger partial charge in [0.2, 0.25) is 0 Å². The fourth-order valence-electron chi connectivity index (χ4n) is 3.40. The van der Waals surface area contributed by atoms with E-state index in [1.54, 1.807) is 6.20 Å². The largest absolute Gasteiger partial charge is 0.255 e. The number of hydrogen-bond acceptors (Lipinski definition) is 2. The lowest BCUT2D eigenvalue weighted by atomic mass is 10.2. The molecule has 0 aliphatic rings. The summed E-state index contributed by atoms with van der Waals surface area (Å²) in [5, 5.41) is 4.08. The molecule has 0 N–H and O–H groups in total. The van der Waals surface area contributed by atoms with E-state index in [0.29, 0.717) is 0 Å². The lowest BCUT2D eigenvalue weighted by Crippen LogP contribution is -2.64. The zero-order valence-corrected chi connectivity index (χ0v) is 15.7. The molecule has 3 heteroatoms. The Balaban J connectivity index is 1.83. The van der Waals surface area contributed by atoms with Gasteiger partial charge in [-0.3, -0.25) is 9.97 Å². The van der Waals surface area contributed by atoms with Crippen molar-refractivity contribution >= 4 is 23.6 Å². The quantitative estimate of drug-likeness (QED) is 0.527. The standard InChI is InChI=1S/C23H20N2Si/c1-26(19-10-4-2-5-11-19,20-12-6-3-7-13-20)21-15-16-23(25-18-21)22-14-8-9-17-24-22/h2-18H,1H3. The summed E-state index contributed by atoms with van der Waals surface area (Å²) in [4.78, 5) is 9.14. The maximum absolute atomic E-state index is 4.74. The first-order chi connectivity index (χ1) is 12.8. The highest BCUT2D eigenvalue weighted by Gasteiger charge is 2.34. The van der Waals surface area contributed by atoms with Crippen molar-refractivity contribution in [3.05, 3.63) is 103 Å². The van der Waals surface area contributed by atoms with Crippen LogP contribution in [0.2, 0.25) is 6.55 Å². The van der Waals surface area contributed by atoms with Crippen molar-refractivity contribution in [3.8, 4) is 11.4 Å². The molecule has 0 unspecified atom stereocenters. The van der Waals surface area contributed by atoms with Crippen LogP contribution in [0.25, 0.3) is 11.4 Å². The van der Waals surface area contributed by atoms with Crippen molar-refractivity contribution in [1.82, 2.24) is 9.97 Å². The van der Waals surface area contributed by atoms with Crippen LogP contribution < -0.4 is 15.6 Å². The van der Waals surface area contributed by atoms with Gasteiger partial charge in [0.15, 0.2) is 0 Å². The van der Waals surface area contributed by atoms with Gasteiger partial charge in [-0.25, -0.2) is 0 Å². The third-order valence-corrected chi connectivity index (χ3v) is 9.40. The van der Waals surface area contributed by atoms with Crippen LogP contribution in [0.1, 0.15) is 0 Å². The summed E-state index contributed by atoms with van der Waals surface area (Å²) in [6, 6.07) is 31.8. The second-order valence-electron chi connectivity index (χ2n) is 6.50. The van der Waals surface area contributed by atoms with Crippen molar-refractivity contribution in [2.75, 3.05) is 0 Å². The molecule has 0 saturated carbocycles. The number of aromatic nitrogens is 2. The Morgan fingerprint density at radius 1 is 0.538 bits per heavy atom. The Labute approximate surface area is 155 Å².